The molecule has 2 amide bonds. The van der Waals surface area contributed by atoms with E-state index in [0.717, 1.165) is 37.2 Å². The van der Waals surface area contributed by atoms with Gasteiger partial charge in [-0.05, 0) is 61.6 Å². The summed E-state index contributed by atoms with van der Waals surface area (Å²) >= 11 is 0. The van der Waals surface area contributed by atoms with Crippen LogP contribution in [-0.2, 0) is 4.79 Å². The van der Waals surface area contributed by atoms with E-state index in [9.17, 15) is 9.59 Å². The maximum Gasteiger partial charge on any atom is 0.256 e. The van der Waals surface area contributed by atoms with Gasteiger partial charge in [-0.25, -0.2) is 0 Å². The quantitative estimate of drug-likeness (QED) is 0.794. The van der Waals surface area contributed by atoms with Crippen LogP contribution in [0.1, 0.15) is 28.8 Å². The number of rotatable bonds is 4. The minimum atomic E-state index is -0.173. The molecule has 2 aromatic rings. The molecule has 2 aromatic carbocycles. The van der Waals surface area contributed by atoms with Crippen LogP contribution in [0.2, 0.25) is 0 Å². The van der Waals surface area contributed by atoms with E-state index in [1.165, 1.54) is 0 Å². The molecule has 1 aliphatic heterocycles. The molecule has 26 heavy (non-hydrogen) atoms. The number of benzene rings is 2. The highest BCUT2D eigenvalue weighted by Gasteiger charge is 2.58. The second kappa shape index (κ2) is 6.57. The zero-order valence-corrected chi connectivity index (χ0v) is 14.8. The highest BCUT2D eigenvalue weighted by atomic mass is 16.2. The van der Waals surface area contributed by atoms with Gasteiger partial charge in [0.25, 0.3) is 5.91 Å². The summed E-state index contributed by atoms with van der Waals surface area (Å²) in [5, 5.41) is 9.28. The van der Waals surface area contributed by atoms with E-state index in [0.29, 0.717) is 11.3 Å². The van der Waals surface area contributed by atoms with Crippen molar-refractivity contribution in [3.8, 4) is 0 Å². The molecule has 1 heterocycles. The Balaban J connectivity index is 1.47. The van der Waals surface area contributed by atoms with Crippen molar-refractivity contribution in [2.24, 2.45) is 11.3 Å². The van der Waals surface area contributed by atoms with Gasteiger partial charge in [0.15, 0.2) is 0 Å². The lowest BCUT2D eigenvalue weighted by atomic mass is 10.0. The van der Waals surface area contributed by atoms with E-state index >= 15 is 0 Å². The summed E-state index contributed by atoms with van der Waals surface area (Å²) in [6.45, 7) is 3.80. The molecule has 3 N–H and O–H groups in total. The predicted molar refractivity (Wildman–Crippen MR) is 102 cm³/mol. The first kappa shape index (κ1) is 16.8. The summed E-state index contributed by atoms with van der Waals surface area (Å²) in [6, 6.07) is 14.8. The average Bonchev–Trinajstić information content (AvgIpc) is 3.14. The van der Waals surface area contributed by atoms with Gasteiger partial charge >= 0.3 is 0 Å². The second-order valence-electron chi connectivity index (χ2n) is 7.33. The molecule has 4 rings (SSSR count). The number of hydrogen-bond donors (Lipinski definition) is 3. The lowest BCUT2D eigenvalue weighted by molar-refractivity contribution is -0.118. The molecule has 2 unspecified atom stereocenters. The molecule has 134 valence electrons. The molecular weight excluding hydrogens is 326 g/mol. The lowest BCUT2D eigenvalue weighted by Gasteiger charge is -2.14. The number of nitrogens with one attached hydrogen (secondary N) is 3. The fourth-order valence-corrected chi connectivity index (χ4v) is 3.91. The van der Waals surface area contributed by atoms with E-state index in [-0.39, 0.29) is 23.1 Å². The molecule has 5 nitrogen and oxygen atoms in total. The molecular formula is C21H23N3O2. The average molecular weight is 349 g/mol. The fraction of sp³-hybridized carbons (Fsp3) is 0.333. The number of hydrogen-bond acceptors (Lipinski definition) is 3. The molecule has 0 aromatic heterocycles. The van der Waals surface area contributed by atoms with E-state index in [2.05, 4.69) is 16.0 Å². The Bertz CT molecular complexity index is 842. The highest BCUT2D eigenvalue weighted by Crippen LogP contribution is 2.56. The van der Waals surface area contributed by atoms with Crippen LogP contribution < -0.4 is 16.0 Å². The smallest absolute Gasteiger partial charge is 0.256 e. The van der Waals surface area contributed by atoms with Gasteiger partial charge in [-0.1, -0.05) is 24.3 Å². The summed E-state index contributed by atoms with van der Waals surface area (Å²) in [5.74, 6) is -0.0243. The van der Waals surface area contributed by atoms with Crippen molar-refractivity contribution in [2.45, 2.75) is 19.8 Å². The minimum absolute atomic E-state index is 0.0671. The first-order chi connectivity index (χ1) is 12.6. The van der Waals surface area contributed by atoms with E-state index in [1.807, 2.05) is 49.4 Å². The number of carbonyl (C=O) groups excluding carboxylic acids is 2. The Morgan fingerprint density at radius 3 is 2.62 bits per heavy atom. The topological polar surface area (TPSA) is 70.2 Å². The molecule has 1 saturated carbocycles. The van der Waals surface area contributed by atoms with Gasteiger partial charge in [0, 0.05) is 29.4 Å². The third-order valence-electron chi connectivity index (χ3n) is 5.65. The van der Waals surface area contributed by atoms with Crippen molar-refractivity contribution in [3.05, 3.63) is 59.7 Å². The van der Waals surface area contributed by atoms with Crippen LogP contribution >= 0.6 is 0 Å². The van der Waals surface area contributed by atoms with Gasteiger partial charge in [-0.15, -0.1) is 0 Å². The first-order valence-corrected chi connectivity index (χ1v) is 9.07. The largest absolute Gasteiger partial charge is 0.326 e. The molecule has 2 atom stereocenters. The molecule has 0 bridgehead atoms. The van der Waals surface area contributed by atoms with E-state index in [1.54, 1.807) is 6.07 Å². The maximum absolute atomic E-state index is 12.6. The SMILES string of the molecule is Cc1c(NC(=O)C2CC23CCNC3)cccc1C(=O)Nc1ccccc1. The summed E-state index contributed by atoms with van der Waals surface area (Å²) in [5.41, 5.74) is 2.98. The van der Waals surface area contributed by atoms with Crippen molar-refractivity contribution in [1.82, 2.24) is 5.32 Å². The van der Waals surface area contributed by atoms with Gasteiger partial charge in [-0.2, -0.15) is 0 Å². The van der Waals surface area contributed by atoms with Crippen LogP contribution in [0.15, 0.2) is 48.5 Å². The molecule has 5 heteroatoms. The van der Waals surface area contributed by atoms with Gasteiger partial charge < -0.3 is 16.0 Å². The third kappa shape index (κ3) is 3.10. The molecule has 1 aliphatic carbocycles. The molecule has 2 aliphatic rings. The van der Waals surface area contributed by atoms with Crippen LogP contribution in [0.4, 0.5) is 11.4 Å². The minimum Gasteiger partial charge on any atom is -0.326 e. The van der Waals surface area contributed by atoms with Gasteiger partial charge in [-0.3, -0.25) is 9.59 Å². The number of carbonyl (C=O) groups is 2. The summed E-state index contributed by atoms with van der Waals surface area (Å²) in [4.78, 5) is 25.2. The van der Waals surface area contributed by atoms with Crippen LogP contribution in [0.3, 0.4) is 0 Å². The number of para-hydroxylation sites is 1. The first-order valence-electron chi connectivity index (χ1n) is 9.07. The second-order valence-corrected chi connectivity index (χ2v) is 7.33. The summed E-state index contributed by atoms with van der Waals surface area (Å²) < 4.78 is 0. The van der Waals surface area contributed by atoms with Crippen LogP contribution in [-0.4, -0.2) is 24.9 Å². The lowest BCUT2D eigenvalue weighted by Crippen LogP contribution is -2.21. The predicted octanol–water partition coefficient (Wildman–Crippen LogP) is 3.19. The van der Waals surface area contributed by atoms with Crippen LogP contribution in [0, 0.1) is 18.3 Å². The summed E-state index contributed by atoms with van der Waals surface area (Å²) in [7, 11) is 0. The molecule has 0 radical (unpaired) electrons. The van der Waals surface area contributed by atoms with Crippen molar-refractivity contribution in [1.29, 1.82) is 0 Å². The molecule has 1 saturated heterocycles. The standard InChI is InChI=1S/C21H23N3O2/c1-14-16(19(25)23-15-6-3-2-4-7-15)8-5-9-18(14)24-20(26)17-12-21(17)10-11-22-13-21/h2-9,17,22H,10-13H2,1H3,(H,23,25)(H,24,26). The van der Waals surface area contributed by atoms with Crippen molar-refractivity contribution in [2.75, 3.05) is 23.7 Å². The Morgan fingerprint density at radius 1 is 1.08 bits per heavy atom. The Morgan fingerprint density at radius 2 is 1.88 bits per heavy atom. The highest BCUT2D eigenvalue weighted by molar-refractivity contribution is 6.07. The molecule has 2 fully saturated rings. The van der Waals surface area contributed by atoms with Crippen molar-refractivity contribution in [3.63, 3.8) is 0 Å². The normalized spacial score (nSPS) is 23.7. The van der Waals surface area contributed by atoms with Crippen LogP contribution in [0.5, 0.6) is 0 Å². The van der Waals surface area contributed by atoms with Crippen molar-refractivity contribution >= 4 is 23.2 Å². The fourth-order valence-electron chi connectivity index (χ4n) is 3.91. The maximum atomic E-state index is 12.6. The van der Waals surface area contributed by atoms with Crippen molar-refractivity contribution < 1.29 is 9.59 Å². The summed E-state index contributed by atoms with van der Waals surface area (Å²) in [6.07, 6.45) is 2.03. The monoisotopic (exact) mass is 349 g/mol. The molecule has 1 spiro atoms. The third-order valence-corrected chi connectivity index (χ3v) is 5.65. The Labute approximate surface area is 153 Å². The van der Waals surface area contributed by atoms with Gasteiger partial charge in [0.2, 0.25) is 5.91 Å². The number of amides is 2. The number of anilines is 2. The Hall–Kier alpha value is -2.66. The zero-order chi connectivity index (χ0) is 18.1. The zero-order valence-electron chi connectivity index (χ0n) is 14.8. The van der Waals surface area contributed by atoms with Crippen LogP contribution in [0.25, 0.3) is 0 Å². The van der Waals surface area contributed by atoms with Gasteiger partial charge in [0.05, 0.1) is 0 Å². The Kier molecular flexibility index (Phi) is 4.24. The van der Waals surface area contributed by atoms with Gasteiger partial charge in [0.1, 0.15) is 0 Å². The van der Waals surface area contributed by atoms with E-state index in [4.69, 9.17) is 0 Å². The van der Waals surface area contributed by atoms with E-state index < -0.39 is 0 Å².